The van der Waals surface area contributed by atoms with Gasteiger partial charge in [-0.1, -0.05) is 23.7 Å². The summed E-state index contributed by atoms with van der Waals surface area (Å²) in [6.45, 7) is 4.09. The molecule has 1 aromatic rings. The maximum Gasteiger partial charge on any atom is 0.255 e. The molecule has 0 spiro atoms. The van der Waals surface area contributed by atoms with Crippen molar-refractivity contribution in [2.75, 3.05) is 19.6 Å². The average molecular weight is 289 g/mol. The minimum Gasteiger partial charge on any atom is -0.338 e. The van der Waals surface area contributed by atoms with Crippen LogP contribution >= 0.6 is 24.0 Å². The standard InChI is InChI=1S/C13H17ClN2O.ClH/c1-9-3-2-4-11(12(9)14)13(17)16-6-5-10(7-15)8-16;/h2-4,10H,5-8,15H2,1H3;1H. The molecule has 0 bridgehead atoms. The van der Waals surface area contributed by atoms with E-state index in [4.69, 9.17) is 17.3 Å². The molecule has 0 aliphatic carbocycles. The smallest absolute Gasteiger partial charge is 0.255 e. The van der Waals surface area contributed by atoms with Crippen LogP contribution in [0.1, 0.15) is 22.3 Å². The molecule has 1 saturated heterocycles. The molecule has 0 aromatic heterocycles. The van der Waals surface area contributed by atoms with Crippen molar-refractivity contribution in [3.05, 3.63) is 34.3 Å². The number of likely N-dealkylation sites (tertiary alicyclic amines) is 1. The summed E-state index contributed by atoms with van der Waals surface area (Å²) in [5, 5.41) is 0.564. The number of carbonyl (C=O) groups excluding carboxylic acids is 1. The van der Waals surface area contributed by atoms with Gasteiger partial charge in [-0.15, -0.1) is 12.4 Å². The summed E-state index contributed by atoms with van der Waals surface area (Å²) in [6, 6.07) is 5.56. The zero-order valence-corrected chi connectivity index (χ0v) is 11.9. The molecule has 18 heavy (non-hydrogen) atoms. The number of nitrogens with zero attached hydrogens (tertiary/aromatic N) is 1. The first-order valence-electron chi connectivity index (χ1n) is 5.88. The molecule has 1 aromatic carbocycles. The van der Waals surface area contributed by atoms with Crippen molar-refractivity contribution in [1.82, 2.24) is 4.90 Å². The van der Waals surface area contributed by atoms with Gasteiger partial charge in [0.1, 0.15) is 0 Å². The van der Waals surface area contributed by atoms with E-state index in [0.29, 0.717) is 23.0 Å². The van der Waals surface area contributed by atoms with E-state index in [2.05, 4.69) is 0 Å². The lowest BCUT2D eigenvalue weighted by atomic mass is 10.1. The van der Waals surface area contributed by atoms with Crippen LogP contribution in [0.25, 0.3) is 0 Å². The van der Waals surface area contributed by atoms with Crippen LogP contribution in [0.4, 0.5) is 0 Å². The monoisotopic (exact) mass is 288 g/mol. The van der Waals surface area contributed by atoms with Crippen LogP contribution in [0.3, 0.4) is 0 Å². The Morgan fingerprint density at radius 2 is 2.28 bits per heavy atom. The quantitative estimate of drug-likeness (QED) is 0.909. The third-order valence-electron chi connectivity index (χ3n) is 3.33. The fraction of sp³-hybridized carbons (Fsp3) is 0.462. The number of hydrogen-bond donors (Lipinski definition) is 1. The highest BCUT2D eigenvalue weighted by atomic mass is 35.5. The first-order chi connectivity index (χ1) is 8.13. The van der Waals surface area contributed by atoms with Gasteiger partial charge in [-0.3, -0.25) is 4.79 Å². The number of amides is 1. The fourth-order valence-electron chi connectivity index (χ4n) is 2.19. The number of halogens is 2. The maximum absolute atomic E-state index is 12.3. The molecule has 5 heteroatoms. The fourth-order valence-corrected chi connectivity index (χ4v) is 2.40. The van der Waals surface area contributed by atoms with E-state index in [9.17, 15) is 4.79 Å². The van der Waals surface area contributed by atoms with E-state index in [1.807, 2.05) is 24.0 Å². The number of nitrogens with two attached hydrogens (primary N) is 1. The van der Waals surface area contributed by atoms with Gasteiger partial charge < -0.3 is 10.6 Å². The normalized spacial score (nSPS) is 18.6. The number of benzene rings is 1. The number of hydrogen-bond acceptors (Lipinski definition) is 2. The summed E-state index contributed by atoms with van der Waals surface area (Å²) in [4.78, 5) is 14.1. The number of rotatable bonds is 2. The van der Waals surface area contributed by atoms with Crippen LogP contribution in [-0.2, 0) is 0 Å². The largest absolute Gasteiger partial charge is 0.338 e. The molecule has 2 rings (SSSR count). The predicted octanol–water partition coefficient (Wildman–Crippen LogP) is 2.49. The van der Waals surface area contributed by atoms with Gasteiger partial charge in [-0.25, -0.2) is 0 Å². The highest BCUT2D eigenvalue weighted by Crippen LogP contribution is 2.24. The summed E-state index contributed by atoms with van der Waals surface area (Å²) in [7, 11) is 0. The van der Waals surface area contributed by atoms with Gasteiger partial charge >= 0.3 is 0 Å². The van der Waals surface area contributed by atoms with E-state index in [1.165, 1.54) is 0 Å². The van der Waals surface area contributed by atoms with Crippen LogP contribution in [0.2, 0.25) is 5.02 Å². The van der Waals surface area contributed by atoms with Crippen LogP contribution in [-0.4, -0.2) is 30.4 Å². The lowest BCUT2D eigenvalue weighted by Gasteiger charge is -2.17. The molecule has 1 atom stereocenters. The Morgan fingerprint density at radius 3 is 2.89 bits per heavy atom. The van der Waals surface area contributed by atoms with Gasteiger partial charge in [0, 0.05) is 13.1 Å². The summed E-state index contributed by atoms with van der Waals surface area (Å²) in [5.74, 6) is 0.456. The maximum atomic E-state index is 12.3. The van der Waals surface area contributed by atoms with Gasteiger partial charge in [-0.05, 0) is 37.4 Å². The molecule has 2 N–H and O–H groups in total. The first-order valence-corrected chi connectivity index (χ1v) is 6.25. The topological polar surface area (TPSA) is 46.3 Å². The molecule has 1 aliphatic heterocycles. The van der Waals surface area contributed by atoms with Crippen molar-refractivity contribution in [3.63, 3.8) is 0 Å². The molecule has 0 radical (unpaired) electrons. The second kappa shape index (κ2) is 6.41. The SMILES string of the molecule is Cc1cccc(C(=O)N2CCC(CN)C2)c1Cl.Cl. The third kappa shape index (κ3) is 2.97. The molecule has 1 heterocycles. The molecular formula is C13H18Cl2N2O. The van der Waals surface area contributed by atoms with Crippen molar-refractivity contribution in [2.45, 2.75) is 13.3 Å². The van der Waals surface area contributed by atoms with Gasteiger partial charge in [-0.2, -0.15) is 0 Å². The molecule has 1 amide bonds. The number of carbonyl (C=O) groups is 1. The lowest BCUT2D eigenvalue weighted by Crippen LogP contribution is -2.30. The summed E-state index contributed by atoms with van der Waals surface area (Å²) >= 11 is 6.16. The summed E-state index contributed by atoms with van der Waals surface area (Å²) in [5.41, 5.74) is 7.16. The zero-order chi connectivity index (χ0) is 12.4. The van der Waals surface area contributed by atoms with E-state index in [0.717, 1.165) is 25.1 Å². The summed E-state index contributed by atoms with van der Waals surface area (Å²) < 4.78 is 0. The van der Waals surface area contributed by atoms with E-state index >= 15 is 0 Å². The van der Waals surface area contributed by atoms with Crippen molar-refractivity contribution >= 4 is 29.9 Å². The van der Waals surface area contributed by atoms with E-state index < -0.39 is 0 Å². The molecule has 1 unspecified atom stereocenters. The third-order valence-corrected chi connectivity index (χ3v) is 3.83. The van der Waals surface area contributed by atoms with Crippen LogP contribution in [0.15, 0.2) is 18.2 Å². The molecular weight excluding hydrogens is 271 g/mol. The van der Waals surface area contributed by atoms with E-state index in [1.54, 1.807) is 6.07 Å². The van der Waals surface area contributed by atoms with Gasteiger partial charge in [0.2, 0.25) is 0 Å². The average Bonchev–Trinajstić information content (AvgIpc) is 2.80. The van der Waals surface area contributed by atoms with E-state index in [-0.39, 0.29) is 18.3 Å². The Balaban J connectivity index is 0.00000162. The minimum absolute atomic E-state index is 0. The first kappa shape index (κ1) is 15.3. The van der Waals surface area contributed by atoms with Crippen LogP contribution < -0.4 is 5.73 Å². The van der Waals surface area contributed by atoms with Crippen molar-refractivity contribution in [2.24, 2.45) is 11.7 Å². The minimum atomic E-state index is 0. The molecule has 1 fully saturated rings. The Bertz CT molecular complexity index is 437. The Labute approximate surface area is 119 Å². The Hall–Kier alpha value is -0.770. The zero-order valence-electron chi connectivity index (χ0n) is 10.4. The Morgan fingerprint density at radius 1 is 1.56 bits per heavy atom. The highest BCUT2D eigenvalue weighted by molar-refractivity contribution is 6.34. The lowest BCUT2D eigenvalue weighted by molar-refractivity contribution is 0.0787. The highest BCUT2D eigenvalue weighted by Gasteiger charge is 2.27. The molecule has 0 saturated carbocycles. The van der Waals surface area contributed by atoms with Gasteiger partial charge in [0.25, 0.3) is 5.91 Å². The van der Waals surface area contributed by atoms with Crippen molar-refractivity contribution in [3.8, 4) is 0 Å². The van der Waals surface area contributed by atoms with Gasteiger partial charge in [0.05, 0.1) is 10.6 Å². The second-order valence-corrected chi connectivity index (χ2v) is 4.96. The Kier molecular flexibility index (Phi) is 5.45. The molecule has 1 aliphatic rings. The van der Waals surface area contributed by atoms with Crippen LogP contribution in [0, 0.1) is 12.8 Å². The van der Waals surface area contributed by atoms with Crippen molar-refractivity contribution in [1.29, 1.82) is 0 Å². The predicted molar refractivity (Wildman–Crippen MR) is 76.5 cm³/mol. The van der Waals surface area contributed by atoms with Crippen molar-refractivity contribution < 1.29 is 4.79 Å². The second-order valence-electron chi connectivity index (χ2n) is 4.58. The molecule has 100 valence electrons. The molecule has 3 nitrogen and oxygen atoms in total. The van der Waals surface area contributed by atoms with Crippen LogP contribution in [0.5, 0.6) is 0 Å². The summed E-state index contributed by atoms with van der Waals surface area (Å²) in [6.07, 6.45) is 0.992. The number of aryl methyl sites for hydroxylation is 1. The van der Waals surface area contributed by atoms with Gasteiger partial charge in [0.15, 0.2) is 0 Å².